The van der Waals surface area contributed by atoms with Gasteiger partial charge in [-0.15, -0.1) is 0 Å². The molecule has 0 spiro atoms. The van der Waals surface area contributed by atoms with Crippen molar-refractivity contribution < 1.29 is 9.53 Å². The van der Waals surface area contributed by atoms with Crippen molar-refractivity contribution in [1.29, 1.82) is 0 Å². The number of hydrogen-bond donors (Lipinski definition) is 2. The predicted molar refractivity (Wildman–Crippen MR) is 59.5 cm³/mol. The largest absolute Gasteiger partial charge is 0.497 e. The summed E-state index contributed by atoms with van der Waals surface area (Å²) in [6.45, 7) is 0. The Balaban J connectivity index is 2.12. The van der Waals surface area contributed by atoms with E-state index in [1.807, 2.05) is 6.07 Å². The number of carbonyl (C=O) groups is 1. The standard InChI is InChI=1S/C11H11N3O2/c1-16-9-4-2-3-8(7-9)14-11(15)10-12-5-6-13-10/h2-7H,1H3,(H,12,13)(H,14,15). The van der Waals surface area contributed by atoms with Gasteiger partial charge in [0.05, 0.1) is 7.11 Å². The first kappa shape index (κ1) is 10.2. The van der Waals surface area contributed by atoms with Crippen LogP contribution in [0.15, 0.2) is 36.7 Å². The molecule has 0 aliphatic rings. The second-order valence-corrected chi connectivity index (χ2v) is 3.12. The fourth-order valence-electron chi connectivity index (χ4n) is 1.28. The second-order valence-electron chi connectivity index (χ2n) is 3.12. The summed E-state index contributed by atoms with van der Waals surface area (Å²) in [6, 6.07) is 7.13. The Kier molecular flexibility index (Phi) is 2.86. The monoisotopic (exact) mass is 217 g/mol. The molecule has 0 aliphatic carbocycles. The van der Waals surface area contributed by atoms with Crippen LogP contribution in [0.1, 0.15) is 10.6 Å². The lowest BCUT2D eigenvalue weighted by Gasteiger charge is -2.05. The number of imidazole rings is 1. The van der Waals surface area contributed by atoms with Gasteiger partial charge in [0.1, 0.15) is 5.75 Å². The summed E-state index contributed by atoms with van der Waals surface area (Å²) in [7, 11) is 1.58. The zero-order chi connectivity index (χ0) is 11.4. The number of hydrogen-bond acceptors (Lipinski definition) is 3. The Morgan fingerprint density at radius 3 is 3.06 bits per heavy atom. The van der Waals surface area contributed by atoms with E-state index in [1.165, 1.54) is 6.20 Å². The highest BCUT2D eigenvalue weighted by Crippen LogP contribution is 2.16. The van der Waals surface area contributed by atoms with Crippen molar-refractivity contribution in [2.24, 2.45) is 0 Å². The molecule has 16 heavy (non-hydrogen) atoms. The number of aromatic nitrogens is 2. The first-order valence-corrected chi connectivity index (χ1v) is 4.74. The van der Waals surface area contributed by atoms with Crippen LogP contribution in [0.2, 0.25) is 0 Å². The normalized spacial score (nSPS) is 9.81. The number of benzene rings is 1. The first-order valence-electron chi connectivity index (χ1n) is 4.74. The Morgan fingerprint density at radius 2 is 2.38 bits per heavy atom. The van der Waals surface area contributed by atoms with Crippen LogP contribution in [0.3, 0.4) is 0 Å². The van der Waals surface area contributed by atoms with Crippen LogP contribution in [0, 0.1) is 0 Å². The van der Waals surface area contributed by atoms with Crippen LogP contribution >= 0.6 is 0 Å². The molecule has 1 aromatic carbocycles. The molecule has 2 rings (SSSR count). The van der Waals surface area contributed by atoms with Crippen molar-refractivity contribution in [3.05, 3.63) is 42.5 Å². The van der Waals surface area contributed by atoms with Crippen molar-refractivity contribution in [3.63, 3.8) is 0 Å². The molecule has 0 radical (unpaired) electrons. The maximum absolute atomic E-state index is 11.6. The molecule has 82 valence electrons. The number of nitrogens with one attached hydrogen (secondary N) is 2. The zero-order valence-electron chi connectivity index (χ0n) is 8.73. The van der Waals surface area contributed by atoms with Crippen LogP contribution in [0.5, 0.6) is 5.75 Å². The van der Waals surface area contributed by atoms with E-state index in [0.717, 1.165) is 0 Å². The second kappa shape index (κ2) is 4.48. The molecule has 0 unspecified atom stereocenters. The van der Waals surface area contributed by atoms with E-state index in [0.29, 0.717) is 11.4 Å². The highest BCUT2D eigenvalue weighted by molar-refractivity contribution is 6.01. The molecule has 1 amide bonds. The minimum Gasteiger partial charge on any atom is -0.497 e. The zero-order valence-corrected chi connectivity index (χ0v) is 8.73. The van der Waals surface area contributed by atoms with Crippen molar-refractivity contribution in [2.45, 2.75) is 0 Å². The smallest absolute Gasteiger partial charge is 0.291 e. The van der Waals surface area contributed by atoms with E-state index < -0.39 is 0 Å². The molecule has 0 saturated carbocycles. The Bertz CT molecular complexity index is 480. The van der Waals surface area contributed by atoms with Gasteiger partial charge in [0.25, 0.3) is 5.91 Å². The number of rotatable bonds is 3. The van der Waals surface area contributed by atoms with Crippen LogP contribution in [-0.2, 0) is 0 Å². The van der Waals surface area contributed by atoms with Gasteiger partial charge in [-0.2, -0.15) is 0 Å². The lowest BCUT2D eigenvalue weighted by atomic mass is 10.3. The number of carbonyl (C=O) groups excluding carboxylic acids is 1. The lowest BCUT2D eigenvalue weighted by Crippen LogP contribution is -2.13. The number of methoxy groups -OCH3 is 1. The molecule has 1 aromatic heterocycles. The van der Waals surface area contributed by atoms with Gasteiger partial charge in [0, 0.05) is 24.1 Å². The molecule has 0 saturated heterocycles. The third-order valence-electron chi connectivity index (χ3n) is 2.04. The van der Waals surface area contributed by atoms with Crippen molar-refractivity contribution in [2.75, 3.05) is 12.4 Å². The number of anilines is 1. The summed E-state index contributed by atoms with van der Waals surface area (Å²) in [5.74, 6) is 0.693. The van der Waals surface area contributed by atoms with E-state index in [9.17, 15) is 4.79 Å². The highest BCUT2D eigenvalue weighted by atomic mass is 16.5. The number of aromatic amines is 1. The Morgan fingerprint density at radius 1 is 1.50 bits per heavy atom. The molecule has 5 nitrogen and oxygen atoms in total. The maximum atomic E-state index is 11.6. The SMILES string of the molecule is COc1cccc(NC(=O)c2ncc[nH]2)c1. The molecule has 2 N–H and O–H groups in total. The quantitative estimate of drug-likeness (QED) is 0.821. The molecule has 0 atom stereocenters. The van der Waals surface area contributed by atoms with Crippen molar-refractivity contribution in [1.82, 2.24) is 9.97 Å². The van der Waals surface area contributed by atoms with Crippen LogP contribution in [0.25, 0.3) is 0 Å². The van der Waals surface area contributed by atoms with Gasteiger partial charge in [-0.05, 0) is 12.1 Å². The van der Waals surface area contributed by atoms with E-state index >= 15 is 0 Å². The van der Waals surface area contributed by atoms with Crippen molar-refractivity contribution in [3.8, 4) is 5.75 Å². The van der Waals surface area contributed by atoms with Crippen LogP contribution in [-0.4, -0.2) is 23.0 Å². The maximum Gasteiger partial charge on any atom is 0.291 e. The molecule has 0 bridgehead atoms. The third-order valence-corrected chi connectivity index (χ3v) is 2.04. The third kappa shape index (κ3) is 2.20. The van der Waals surface area contributed by atoms with Gasteiger partial charge >= 0.3 is 0 Å². The molecule has 2 aromatic rings. The number of ether oxygens (including phenoxy) is 1. The lowest BCUT2D eigenvalue weighted by molar-refractivity contribution is 0.101. The first-order chi connectivity index (χ1) is 7.79. The van der Waals surface area contributed by atoms with Crippen LogP contribution in [0.4, 0.5) is 5.69 Å². The molecule has 1 heterocycles. The highest BCUT2D eigenvalue weighted by Gasteiger charge is 2.07. The summed E-state index contributed by atoms with van der Waals surface area (Å²) in [5, 5.41) is 2.71. The van der Waals surface area contributed by atoms with Gasteiger partial charge < -0.3 is 15.0 Å². The number of H-pyrrole nitrogens is 1. The Labute approximate surface area is 92.5 Å². The summed E-state index contributed by atoms with van der Waals surface area (Å²) in [6.07, 6.45) is 3.13. The minimum absolute atomic E-state index is 0.279. The van der Waals surface area contributed by atoms with E-state index in [1.54, 1.807) is 31.5 Å². The molecule has 0 fully saturated rings. The number of amides is 1. The fourth-order valence-corrected chi connectivity index (χ4v) is 1.28. The average Bonchev–Trinajstić information content (AvgIpc) is 2.83. The van der Waals surface area contributed by atoms with E-state index in [2.05, 4.69) is 15.3 Å². The predicted octanol–water partition coefficient (Wildman–Crippen LogP) is 1.67. The van der Waals surface area contributed by atoms with Crippen molar-refractivity contribution >= 4 is 11.6 Å². The van der Waals surface area contributed by atoms with Gasteiger partial charge in [-0.1, -0.05) is 6.07 Å². The van der Waals surface area contributed by atoms with E-state index in [4.69, 9.17) is 4.74 Å². The molecule has 5 heteroatoms. The van der Waals surface area contributed by atoms with Crippen LogP contribution < -0.4 is 10.1 Å². The van der Waals surface area contributed by atoms with E-state index in [-0.39, 0.29) is 11.7 Å². The fraction of sp³-hybridized carbons (Fsp3) is 0.0909. The van der Waals surface area contributed by atoms with Gasteiger partial charge in [0.15, 0.2) is 5.82 Å². The summed E-state index contributed by atoms with van der Waals surface area (Å²) < 4.78 is 5.05. The van der Waals surface area contributed by atoms with Gasteiger partial charge in [-0.25, -0.2) is 4.98 Å². The molecular formula is C11H11N3O2. The summed E-state index contributed by atoms with van der Waals surface area (Å²) in [4.78, 5) is 18.2. The number of nitrogens with zero attached hydrogens (tertiary/aromatic N) is 1. The molecular weight excluding hydrogens is 206 g/mol. The minimum atomic E-state index is -0.279. The Hall–Kier alpha value is -2.30. The average molecular weight is 217 g/mol. The topological polar surface area (TPSA) is 67.0 Å². The summed E-state index contributed by atoms with van der Waals surface area (Å²) >= 11 is 0. The van der Waals surface area contributed by atoms with Gasteiger partial charge in [0.2, 0.25) is 0 Å². The molecule has 0 aliphatic heterocycles. The van der Waals surface area contributed by atoms with Gasteiger partial charge in [-0.3, -0.25) is 4.79 Å². The summed E-state index contributed by atoms with van der Waals surface area (Å²) in [5.41, 5.74) is 0.667.